The number of methoxy groups -OCH3 is 2. The molecule has 0 spiro atoms. The second-order valence-electron chi connectivity index (χ2n) is 5.62. The van der Waals surface area contributed by atoms with Gasteiger partial charge in [-0.25, -0.2) is 0 Å². The van der Waals surface area contributed by atoms with Crippen molar-refractivity contribution in [2.45, 2.75) is 26.2 Å². The summed E-state index contributed by atoms with van der Waals surface area (Å²) in [6.45, 7) is 3.03. The number of benzene rings is 1. The smallest absolute Gasteiger partial charge is 0.257 e. The highest BCUT2D eigenvalue weighted by atomic mass is 16.5. The molecule has 1 amide bonds. The van der Waals surface area contributed by atoms with Crippen LogP contribution in [-0.2, 0) is 0 Å². The predicted octanol–water partition coefficient (Wildman–Crippen LogP) is 3.95. The van der Waals surface area contributed by atoms with E-state index in [1.807, 2.05) is 0 Å². The second-order valence-corrected chi connectivity index (χ2v) is 5.62. The van der Waals surface area contributed by atoms with Crippen LogP contribution in [0.4, 0.5) is 11.4 Å². The Morgan fingerprint density at radius 1 is 1.12 bits per heavy atom. The van der Waals surface area contributed by atoms with Crippen molar-refractivity contribution in [2.24, 2.45) is 0 Å². The van der Waals surface area contributed by atoms with Crippen LogP contribution in [-0.4, -0.2) is 31.7 Å². The zero-order valence-corrected chi connectivity index (χ0v) is 15.0. The molecule has 0 radical (unpaired) electrons. The number of rotatable bonds is 9. The van der Waals surface area contributed by atoms with Gasteiger partial charge in [-0.05, 0) is 24.6 Å². The van der Waals surface area contributed by atoms with Gasteiger partial charge >= 0.3 is 0 Å². The van der Waals surface area contributed by atoms with E-state index in [1.54, 1.807) is 50.9 Å². The molecule has 0 aliphatic rings. The van der Waals surface area contributed by atoms with Gasteiger partial charge in [0.15, 0.2) is 0 Å². The summed E-state index contributed by atoms with van der Waals surface area (Å²) in [5.41, 5.74) is 1.90. The van der Waals surface area contributed by atoms with E-state index >= 15 is 0 Å². The molecule has 1 heterocycles. The maximum Gasteiger partial charge on any atom is 0.257 e. The maximum atomic E-state index is 12.5. The summed E-state index contributed by atoms with van der Waals surface area (Å²) >= 11 is 0. The van der Waals surface area contributed by atoms with Crippen molar-refractivity contribution >= 4 is 17.3 Å². The van der Waals surface area contributed by atoms with Crippen LogP contribution in [0.1, 0.15) is 36.5 Å². The Morgan fingerprint density at radius 3 is 2.68 bits per heavy atom. The van der Waals surface area contributed by atoms with Crippen molar-refractivity contribution in [2.75, 3.05) is 31.4 Å². The van der Waals surface area contributed by atoms with E-state index in [0.29, 0.717) is 22.7 Å². The zero-order chi connectivity index (χ0) is 18.1. The van der Waals surface area contributed by atoms with Gasteiger partial charge in [-0.15, -0.1) is 0 Å². The van der Waals surface area contributed by atoms with Gasteiger partial charge in [0, 0.05) is 25.0 Å². The zero-order valence-electron chi connectivity index (χ0n) is 15.0. The number of anilines is 2. The molecule has 134 valence electrons. The van der Waals surface area contributed by atoms with Crippen molar-refractivity contribution in [1.82, 2.24) is 4.98 Å². The van der Waals surface area contributed by atoms with Gasteiger partial charge in [0.1, 0.15) is 11.5 Å². The van der Waals surface area contributed by atoms with Crippen molar-refractivity contribution in [3.05, 3.63) is 42.2 Å². The summed E-state index contributed by atoms with van der Waals surface area (Å²) in [6.07, 6.45) is 6.71. The largest absolute Gasteiger partial charge is 0.497 e. The first-order valence-electron chi connectivity index (χ1n) is 8.40. The lowest BCUT2D eigenvalue weighted by atomic mass is 10.2. The lowest BCUT2D eigenvalue weighted by Crippen LogP contribution is -2.13. The van der Waals surface area contributed by atoms with Gasteiger partial charge in [-0.3, -0.25) is 9.78 Å². The molecule has 2 aromatic rings. The number of amides is 1. The predicted molar refractivity (Wildman–Crippen MR) is 99.8 cm³/mol. The molecule has 1 aromatic carbocycles. The number of nitrogens with zero attached hydrogens (tertiary/aromatic N) is 1. The molecule has 0 fully saturated rings. The van der Waals surface area contributed by atoms with Crippen LogP contribution >= 0.6 is 0 Å². The summed E-state index contributed by atoms with van der Waals surface area (Å²) in [4.78, 5) is 16.6. The number of hydrogen-bond donors (Lipinski definition) is 2. The van der Waals surface area contributed by atoms with E-state index in [2.05, 4.69) is 22.5 Å². The number of nitrogens with one attached hydrogen (secondary N) is 2. The third-order valence-corrected chi connectivity index (χ3v) is 3.77. The standard InChI is InChI=1S/C19H25N3O3/c1-4-5-6-9-21-15-10-14(12-20-13-15)19(23)22-17-8-7-16(24-2)11-18(17)25-3/h7-8,10-13,21H,4-6,9H2,1-3H3,(H,22,23). The molecule has 0 atom stereocenters. The number of carbonyl (C=O) groups excluding carboxylic acids is 1. The first kappa shape index (κ1) is 18.6. The van der Waals surface area contributed by atoms with E-state index in [4.69, 9.17) is 9.47 Å². The van der Waals surface area contributed by atoms with Crippen LogP contribution in [0.3, 0.4) is 0 Å². The molecule has 0 saturated heterocycles. The maximum absolute atomic E-state index is 12.5. The molecule has 6 nitrogen and oxygen atoms in total. The molecule has 2 rings (SSSR count). The summed E-state index contributed by atoms with van der Waals surface area (Å²) in [5, 5.41) is 6.14. The van der Waals surface area contributed by atoms with E-state index in [-0.39, 0.29) is 5.91 Å². The van der Waals surface area contributed by atoms with Crippen LogP contribution in [0.15, 0.2) is 36.7 Å². The summed E-state index contributed by atoms with van der Waals surface area (Å²) < 4.78 is 10.5. The monoisotopic (exact) mass is 343 g/mol. The average Bonchev–Trinajstić information content (AvgIpc) is 2.65. The van der Waals surface area contributed by atoms with E-state index < -0.39 is 0 Å². The number of unbranched alkanes of at least 4 members (excludes halogenated alkanes) is 2. The van der Waals surface area contributed by atoms with Crippen molar-refractivity contribution < 1.29 is 14.3 Å². The second kappa shape index (κ2) is 9.52. The summed E-state index contributed by atoms with van der Waals surface area (Å²) in [6, 6.07) is 7.03. The molecule has 0 aliphatic heterocycles. The van der Waals surface area contributed by atoms with E-state index in [0.717, 1.165) is 18.7 Å². The van der Waals surface area contributed by atoms with Crippen LogP contribution in [0.25, 0.3) is 0 Å². The number of ether oxygens (including phenoxy) is 2. The Labute approximate surface area is 148 Å². The average molecular weight is 343 g/mol. The quantitative estimate of drug-likeness (QED) is 0.675. The molecular weight excluding hydrogens is 318 g/mol. The van der Waals surface area contributed by atoms with Gasteiger partial charge in [0.25, 0.3) is 5.91 Å². The third-order valence-electron chi connectivity index (χ3n) is 3.77. The topological polar surface area (TPSA) is 72.5 Å². The molecule has 6 heteroatoms. The molecule has 0 unspecified atom stereocenters. The minimum absolute atomic E-state index is 0.242. The van der Waals surface area contributed by atoms with Gasteiger partial charge in [-0.2, -0.15) is 0 Å². The fraction of sp³-hybridized carbons (Fsp3) is 0.368. The van der Waals surface area contributed by atoms with E-state index in [1.165, 1.54) is 12.8 Å². The van der Waals surface area contributed by atoms with Crippen LogP contribution < -0.4 is 20.1 Å². The SMILES string of the molecule is CCCCCNc1cncc(C(=O)Nc2ccc(OC)cc2OC)c1. The van der Waals surface area contributed by atoms with Crippen molar-refractivity contribution in [3.8, 4) is 11.5 Å². The molecule has 0 bridgehead atoms. The van der Waals surface area contributed by atoms with Gasteiger partial charge < -0.3 is 20.1 Å². The molecule has 25 heavy (non-hydrogen) atoms. The lowest BCUT2D eigenvalue weighted by Gasteiger charge is -2.12. The van der Waals surface area contributed by atoms with E-state index in [9.17, 15) is 4.79 Å². The van der Waals surface area contributed by atoms with Gasteiger partial charge in [-0.1, -0.05) is 19.8 Å². The van der Waals surface area contributed by atoms with Gasteiger partial charge in [0.05, 0.1) is 31.2 Å². The number of carbonyl (C=O) groups is 1. The number of pyridine rings is 1. The first-order valence-corrected chi connectivity index (χ1v) is 8.40. The molecule has 2 N–H and O–H groups in total. The Bertz CT molecular complexity index is 704. The third kappa shape index (κ3) is 5.38. The van der Waals surface area contributed by atoms with Crippen LogP contribution in [0.2, 0.25) is 0 Å². The molecular formula is C19H25N3O3. The minimum atomic E-state index is -0.242. The highest BCUT2D eigenvalue weighted by Crippen LogP contribution is 2.29. The first-order chi connectivity index (χ1) is 12.2. The molecule has 0 saturated carbocycles. The highest BCUT2D eigenvalue weighted by molar-refractivity contribution is 6.05. The highest BCUT2D eigenvalue weighted by Gasteiger charge is 2.11. The Hall–Kier alpha value is -2.76. The summed E-state index contributed by atoms with van der Waals surface area (Å²) in [5.74, 6) is 0.956. The fourth-order valence-corrected chi connectivity index (χ4v) is 2.36. The lowest BCUT2D eigenvalue weighted by molar-refractivity contribution is 0.102. The van der Waals surface area contributed by atoms with Gasteiger partial charge in [0.2, 0.25) is 0 Å². The Balaban J connectivity index is 2.05. The normalized spacial score (nSPS) is 10.2. The Kier molecular flexibility index (Phi) is 7.07. The Morgan fingerprint density at radius 2 is 1.96 bits per heavy atom. The molecule has 1 aromatic heterocycles. The summed E-state index contributed by atoms with van der Waals surface area (Å²) in [7, 11) is 3.13. The fourth-order valence-electron chi connectivity index (χ4n) is 2.36. The van der Waals surface area contributed by atoms with Crippen LogP contribution in [0.5, 0.6) is 11.5 Å². The van der Waals surface area contributed by atoms with Crippen molar-refractivity contribution in [3.63, 3.8) is 0 Å². The van der Waals surface area contributed by atoms with Crippen LogP contribution in [0, 0.1) is 0 Å². The number of aromatic nitrogens is 1. The molecule has 0 aliphatic carbocycles. The van der Waals surface area contributed by atoms with Crippen molar-refractivity contribution in [1.29, 1.82) is 0 Å². The number of hydrogen-bond acceptors (Lipinski definition) is 5. The minimum Gasteiger partial charge on any atom is -0.497 e.